The minimum Gasteiger partial charge on any atom is -0.324 e. The molecular weight excluding hydrogens is 156 g/mol. The van der Waals surface area contributed by atoms with Crippen molar-refractivity contribution in [1.29, 1.82) is 0 Å². The number of nitrogens with one attached hydrogen (secondary N) is 1. The van der Waals surface area contributed by atoms with E-state index in [-0.39, 0.29) is 0 Å². The summed E-state index contributed by atoms with van der Waals surface area (Å²) in [5.74, 6) is 5.12. The monoisotopic (exact) mass is 164 g/mol. The molecule has 0 aliphatic carbocycles. The maximum atomic E-state index is 10.4. The van der Waals surface area contributed by atoms with Gasteiger partial charge in [-0.1, -0.05) is 0 Å². The number of carbonyl (C=O) groups is 2. The lowest BCUT2D eigenvalue weighted by Gasteiger charge is -2.00. The molecule has 0 atom stereocenters. The average molecular weight is 164 g/mol. The molecule has 0 radical (unpaired) electrons. The molecule has 0 aliphatic rings. The van der Waals surface area contributed by atoms with Gasteiger partial charge in [0.05, 0.1) is 0 Å². The number of nitrogens with two attached hydrogens (primary N) is 1. The average Bonchev–Trinajstić information content (AvgIpc) is 2.16. The van der Waals surface area contributed by atoms with Crippen molar-refractivity contribution in [2.24, 2.45) is 5.84 Å². The van der Waals surface area contributed by atoms with Crippen molar-refractivity contribution >= 4 is 18.3 Å². The Labute approximate surface area is 69.3 Å². The van der Waals surface area contributed by atoms with Gasteiger partial charge in [-0.05, 0) is 18.2 Å². The second kappa shape index (κ2) is 3.64. The Hall–Kier alpha value is -1.68. The Morgan fingerprint density at radius 3 is 1.92 bits per heavy atom. The standard InChI is InChI=1S/C8H8N2O2/c9-10-8-2-6(4-11)1-7(3-8)5-12/h1-5,10H,9H2. The van der Waals surface area contributed by atoms with Gasteiger partial charge in [0.15, 0.2) is 0 Å². The molecule has 0 heterocycles. The van der Waals surface area contributed by atoms with E-state index < -0.39 is 0 Å². The minimum atomic E-state index is 0.424. The third-order valence-corrected chi connectivity index (χ3v) is 1.42. The van der Waals surface area contributed by atoms with Crippen LogP contribution < -0.4 is 11.3 Å². The Morgan fingerprint density at radius 2 is 1.58 bits per heavy atom. The Morgan fingerprint density at radius 1 is 1.08 bits per heavy atom. The third kappa shape index (κ3) is 1.67. The fourth-order valence-electron chi connectivity index (χ4n) is 0.896. The van der Waals surface area contributed by atoms with Gasteiger partial charge in [0.1, 0.15) is 12.6 Å². The summed E-state index contributed by atoms with van der Waals surface area (Å²) in [6.45, 7) is 0. The maximum absolute atomic E-state index is 10.4. The van der Waals surface area contributed by atoms with E-state index in [1.807, 2.05) is 0 Å². The molecule has 62 valence electrons. The van der Waals surface area contributed by atoms with Crippen molar-refractivity contribution in [3.63, 3.8) is 0 Å². The largest absolute Gasteiger partial charge is 0.324 e. The molecule has 4 nitrogen and oxygen atoms in total. The molecule has 4 heteroatoms. The van der Waals surface area contributed by atoms with E-state index in [1.54, 1.807) is 12.1 Å². The molecule has 0 saturated carbocycles. The summed E-state index contributed by atoms with van der Waals surface area (Å²) in [4.78, 5) is 20.7. The van der Waals surface area contributed by atoms with E-state index >= 15 is 0 Å². The van der Waals surface area contributed by atoms with E-state index in [1.165, 1.54) is 6.07 Å². The first-order valence-corrected chi connectivity index (χ1v) is 3.32. The summed E-state index contributed by atoms with van der Waals surface area (Å²) < 4.78 is 0. The molecule has 1 aromatic carbocycles. The van der Waals surface area contributed by atoms with E-state index in [9.17, 15) is 9.59 Å². The normalized spacial score (nSPS) is 9.08. The molecule has 12 heavy (non-hydrogen) atoms. The smallest absolute Gasteiger partial charge is 0.150 e. The fourth-order valence-corrected chi connectivity index (χ4v) is 0.896. The van der Waals surface area contributed by atoms with Gasteiger partial charge in [0, 0.05) is 16.8 Å². The van der Waals surface area contributed by atoms with Crippen LogP contribution in [0.2, 0.25) is 0 Å². The zero-order valence-corrected chi connectivity index (χ0v) is 6.28. The molecule has 0 aliphatic heterocycles. The number of anilines is 1. The molecule has 1 aromatic rings. The first-order valence-electron chi connectivity index (χ1n) is 3.32. The van der Waals surface area contributed by atoms with Gasteiger partial charge in [0.25, 0.3) is 0 Å². The molecule has 0 fully saturated rings. The molecule has 0 spiro atoms. The highest BCUT2D eigenvalue weighted by molar-refractivity contribution is 5.84. The van der Waals surface area contributed by atoms with Gasteiger partial charge in [-0.3, -0.25) is 15.4 Å². The van der Waals surface area contributed by atoms with Crippen LogP contribution in [0, 0.1) is 0 Å². The first kappa shape index (κ1) is 8.42. The summed E-state index contributed by atoms with van der Waals surface area (Å²) in [5, 5.41) is 0. The summed E-state index contributed by atoms with van der Waals surface area (Å²) in [6.07, 6.45) is 1.32. The van der Waals surface area contributed by atoms with Crippen LogP contribution in [0.15, 0.2) is 18.2 Å². The second-order valence-electron chi connectivity index (χ2n) is 2.27. The minimum absolute atomic E-state index is 0.424. The topological polar surface area (TPSA) is 72.2 Å². The molecule has 0 aromatic heterocycles. The number of hydrogen-bond acceptors (Lipinski definition) is 4. The van der Waals surface area contributed by atoms with Crippen molar-refractivity contribution in [3.05, 3.63) is 29.3 Å². The van der Waals surface area contributed by atoms with E-state index in [4.69, 9.17) is 5.84 Å². The maximum Gasteiger partial charge on any atom is 0.150 e. The van der Waals surface area contributed by atoms with Gasteiger partial charge < -0.3 is 5.43 Å². The molecule has 0 amide bonds. The highest BCUT2D eigenvalue weighted by Gasteiger charge is 1.97. The van der Waals surface area contributed by atoms with Crippen LogP contribution in [-0.4, -0.2) is 12.6 Å². The van der Waals surface area contributed by atoms with E-state index in [0.29, 0.717) is 29.4 Å². The highest BCUT2D eigenvalue weighted by atomic mass is 16.1. The lowest BCUT2D eigenvalue weighted by molar-refractivity contribution is 0.112. The number of hydrazine groups is 1. The number of hydrogen-bond donors (Lipinski definition) is 2. The van der Waals surface area contributed by atoms with Crippen molar-refractivity contribution in [2.45, 2.75) is 0 Å². The Kier molecular flexibility index (Phi) is 2.55. The van der Waals surface area contributed by atoms with Gasteiger partial charge >= 0.3 is 0 Å². The van der Waals surface area contributed by atoms with Crippen LogP contribution in [0.25, 0.3) is 0 Å². The van der Waals surface area contributed by atoms with Crippen LogP contribution >= 0.6 is 0 Å². The van der Waals surface area contributed by atoms with Crippen LogP contribution in [0.3, 0.4) is 0 Å². The van der Waals surface area contributed by atoms with Crippen LogP contribution in [0.1, 0.15) is 20.7 Å². The SMILES string of the molecule is NNc1cc(C=O)cc(C=O)c1. The van der Waals surface area contributed by atoms with Crippen molar-refractivity contribution in [1.82, 2.24) is 0 Å². The quantitative estimate of drug-likeness (QED) is 0.389. The van der Waals surface area contributed by atoms with Crippen molar-refractivity contribution in [2.75, 3.05) is 5.43 Å². The summed E-state index contributed by atoms with van der Waals surface area (Å²) in [7, 11) is 0. The van der Waals surface area contributed by atoms with E-state index in [0.717, 1.165) is 0 Å². The second-order valence-corrected chi connectivity index (χ2v) is 2.27. The molecule has 0 saturated heterocycles. The zero-order valence-electron chi connectivity index (χ0n) is 6.28. The number of nitrogen functional groups attached to an aromatic ring is 1. The molecule has 0 unspecified atom stereocenters. The van der Waals surface area contributed by atoms with Crippen LogP contribution in [0.5, 0.6) is 0 Å². The number of benzene rings is 1. The van der Waals surface area contributed by atoms with Gasteiger partial charge in [-0.15, -0.1) is 0 Å². The zero-order chi connectivity index (χ0) is 8.97. The highest BCUT2D eigenvalue weighted by Crippen LogP contribution is 2.10. The van der Waals surface area contributed by atoms with Gasteiger partial charge in [0.2, 0.25) is 0 Å². The fraction of sp³-hybridized carbons (Fsp3) is 0. The molecule has 1 rings (SSSR count). The lowest BCUT2D eigenvalue weighted by atomic mass is 10.1. The van der Waals surface area contributed by atoms with Gasteiger partial charge in [-0.2, -0.15) is 0 Å². The van der Waals surface area contributed by atoms with E-state index in [2.05, 4.69) is 5.43 Å². The molecule has 0 bridgehead atoms. The Bertz CT molecular complexity index is 284. The van der Waals surface area contributed by atoms with Crippen LogP contribution in [-0.2, 0) is 0 Å². The van der Waals surface area contributed by atoms with Crippen molar-refractivity contribution < 1.29 is 9.59 Å². The number of rotatable bonds is 3. The predicted octanol–water partition coefficient (Wildman–Crippen LogP) is 0.597. The lowest BCUT2D eigenvalue weighted by Crippen LogP contribution is -2.07. The first-order chi connectivity index (χ1) is 5.80. The summed E-state index contributed by atoms with van der Waals surface area (Å²) in [5.41, 5.74) is 3.75. The Balaban J connectivity index is 3.18. The number of aldehydes is 2. The predicted molar refractivity (Wildman–Crippen MR) is 45.0 cm³/mol. The van der Waals surface area contributed by atoms with Crippen LogP contribution in [0.4, 0.5) is 5.69 Å². The third-order valence-electron chi connectivity index (χ3n) is 1.42. The van der Waals surface area contributed by atoms with Gasteiger partial charge in [-0.25, -0.2) is 0 Å². The molecular formula is C8H8N2O2. The number of carbonyl (C=O) groups excluding carboxylic acids is 2. The van der Waals surface area contributed by atoms with Crippen molar-refractivity contribution in [3.8, 4) is 0 Å². The summed E-state index contributed by atoms with van der Waals surface area (Å²) in [6, 6.07) is 4.60. The summed E-state index contributed by atoms with van der Waals surface area (Å²) >= 11 is 0. The molecule has 3 N–H and O–H groups in total.